The van der Waals surface area contributed by atoms with E-state index in [1.165, 1.54) is 0 Å². The van der Waals surface area contributed by atoms with Crippen LogP contribution in [0.25, 0.3) is 11.5 Å². The Labute approximate surface area is 123 Å². The molecule has 1 heterocycles. The molecule has 0 saturated carbocycles. The summed E-state index contributed by atoms with van der Waals surface area (Å²) in [6.45, 7) is 2.04. The number of carboxylic acid groups (broad SMARTS) is 1. The maximum Gasteiger partial charge on any atom is 0.336 e. The van der Waals surface area contributed by atoms with Crippen LogP contribution in [0.2, 0.25) is 0 Å². The molecule has 0 radical (unpaired) electrons. The van der Waals surface area contributed by atoms with Crippen molar-refractivity contribution in [2.45, 2.75) is 19.1 Å². The lowest BCUT2D eigenvalue weighted by Crippen LogP contribution is -2.02. The number of aromatic carboxylic acids is 1. The second-order valence-corrected chi connectivity index (χ2v) is 5.29. The van der Waals surface area contributed by atoms with Gasteiger partial charge in [-0.1, -0.05) is 12.1 Å². The molecule has 2 rings (SSSR count). The lowest BCUT2D eigenvalue weighted by Gasteiger charge is -2.02. The number of hydrogen-bond donors (Lipinski definition) is 1. The smallest absolute Gasteiger partial charge is 0.336 e. The molecule has 1 aromatic heterocycles. The second-order valence-electron chi connectivity index (χ2n) is 4.19. The topological polar surface area (TPSA) is 76.2 Å². The fourth-order valence-electron chi connectivity index (χ4n) is 1.63. The van der Waals surface area contributed by atoms with Crippen LogP contribution < -0.4 is 0 Å². The van der Waals surface area contributed by atoms with Crippen LogP contribution in [-0.4, -0.2) is 27.0 Å². The SMILES string of the molecule is CCCSCc1noc(-c2cc(F)c(F)cc2C(=O)O)n1. The molecule has 0 saturated heterocycles. The fraction of sp³-hybridized carbons (Fsp3) is 0.308. The van der Waals surface area contributed by atoms with Crippen LogP contribution in [0.1, 0.15) is 29.5 Å². The number of benzene rings is 1. The van der Waals surface area contributed by atoms with Gasteiger partial charge in [-0.25, -0.2) is 13.6 Å². The number of thioether (sulfide) groups is 1. The molecule has 1 aromatic carbocycles. The van der Waals surface area contributed by atoms with Gasteiger partial charge in [-0.3, -0.25) is 0 Å². The van der Waals surface area contributed by atoms with Crippen molar-refractivity contribution in [3.63, 3.8) is 0 Å². The zero-order valence-electron chi connectivity index (χ0n) is 11.1. The molecular weight excluding hydrogens is 302 g/mol. The van der Waals surface area contributed by atoms with E-state index in [0.29, 0.717) is 17.6 Å². The number of aromatic nitrogens is 2. The van der Waals surface area contributed by atoms with E-state index in [2.05, 4.69) is 10.1 Å². The Balaban J connectivity index is 2.33. The van der Waals surface area contributed by atoms with Crippen LogP contribution in [-0.2, 0) is 5.75 Å². The van der Waals surface area contributed by atoms with Crippen molar-refractivity contribution >= 4 is 17.7 Å². The summed E-state index contributed by atoms with van der Waals surface area (Å²) in [5.41, 5.74) is -0.564. The zero-order chi connectivity index (χ0) is 15.4. The van der Waals surface area contributed by atoms with Gasteiger partial charge in [0.2, 0.25) is 0 Å². The van der Waals surface area contributed by atoms with Crippen molar-refractivity contribution < 1.29 is 23.2 Å². The Morgan fingerprint density at radius 1 is 1.38 bits per heavy atom. The van der Waals surface area contributed by atoms with Crippen molar-refractivity contribution in [2.75, 3.05) is 5.75 Å². The molecule has 0 aliphatic carbocycles. The van der Waals surface area contributed by atoms with Crippen LogP contribution in [0.3, 0.4) is 0 Å². The Bertz CT molecular complexity index is 661. The summed E-state index contributed by atoms with van der Waals surface area (Å²) in [4.78, 5) is 15.1. The zero-order valence-corrected chi connectivity index (χ0v) is 11.9. The molecule has 21 heavy (non-hydrogen) atoms. The average molecular weight is 314 g/mol. The molecule has 5 nitrogen and oxygen atoms in total. The maximum atomic E-state index is 13.3. The minimum atomic E-state index is -1.40. The highest BCUT2D eigenvalue weighted by Crippen LogP contribution is 2.26. The summed E-state index contributed by atoms with van der Waals surface area (Å²) < 4.78 is 31.4. The summed E-state index contributed by atoms with van der Waals surface area (Å²) in [6, 6.07) is 1.35. The third-order valence-electron chi connectivity index (χ3n) is 2.57. The first-order valence-electron chi connectivity index (χ1n) is 6.16. The molecule has 0 atom stereocenters. The van der Waals surface area contributed by atoms with Crippen LogP contribution in [0.15, 0.2) is 16.7 Å². The van der Waals surface area contributed by atoms with Gasteiger partial charge in [-0.2, -0.15) is 16.7 Å². The van der Waals surface area contributed by atoms with Crippen LogP contribution in [0, 0.1) is 11.6 Å². The van der Waals surface area contributed by atoms with Crippen LogP contribution in [0.5, 0.6) is 0 Å². The highest BCUT2D eigenvalue weighted by Gasteiger charge is 2.20. The average Bonchev–Trinajstić information content (AvgIpc) is 2.90. The molecule has 0 unspecified atom stereocenters. The lowest BCUT2D eigenvalue weighted by molar-refractivity contribution is 0.0696. The highest BCUT2D eigenvalue weighted by molar-refractivity contribution is 7.98. The monoisotopic (exact) mass is 314 g/mol. The molecule has 0 spiro atoms. The molecule has 2 aromatic rings. The van der Waals surface area contributed by atoms with Gasteiger partial charge in [-0.15, -0.1) is 0 Å². The van der Waals surface area contributed by atoms with Gasteiger partial charge in [0, 0.05) is 0 Å². The summed E-state index contributed by atoms with van der Waals surface area (Å²) >= 11 is 1.60. The molecular formula is C13H12F2N2O3S. The lowest BCUT2D eigenvalue weighted by atomic mass is 10.1. The third-order valence-corrected chi connectivity index (χ3v) is 3.73. The van der Waals surface area contributed by atoms with Gasteiger partial charge in [0.1, 0.15) is 0 Å². The van der Waals surface area contributed by atoms with E-state index in [4.69, 9.17) is 9.63 Å². The Morgan fingerprint density at radius 2 is 2.10 bits per heavy atom. The van der Waals surface area contributed by atoms with Crippen molar-refractivity contribution in [3.8, 4) is 11.5 Å². The number of hydrogen-bond acceptors (Lipinski definition) is 5. The second kappa shape index (κ2) is 6.66. The predicted molar refractivity (Wildman–Crippen MR) is 73.1 cm³/mol. The van der Waals surface area contributed by atoms with Crippen molar-refractivity contribution in [1.82, 2.24) is 10.1 Å². The van der Waals surface area contributed by atoms with E-state index in [-0.39, 0.29) is 11.5 Å². The number of carbonyl (C=O) groups is 1. The van der Waals surface area contributed by atoms with Gasteiger partial charge in [-0.05, 0) is 24.3 Å². The van der Waals surface area contributed by atoms with E-state index in [0.717, 1.165) is 18.2 Å². The fourth-order valence-corrected chi connectivity index (χ4v) is 2.36. The number of halogens is 2. The van der Waals surface area contributed by atoms with Crippen molar-refractivity contribution in [3.05, 3.63) is 35.2 Å². The normalized spacial score (nSPS) is 10.8. The van der Waals surface area contributed by atoms with Gasteiger partial charge in [0.25, 0.3) is 5.89 Å². The van der Waals surface area contributed by atoms with E-state index >= 15 is 0 Å². The first-order chi connectivity index (χ1) is 10.0. The summed E-state index contributed by atoms with van der Waals surface area (Å²) in [5, 5.41) is 12.7. The van der Waals surface area contributed by atoms with E-state index in [9.17, 15) is 13.6 Å². The van der Waals surface area contributed by atoms with Crippen molar-refractivity contribution in [1.29, 1.82) is 0 Å². The van der Waals surface area contributed by atoms with Gasteiger partial charge in [0.05, 0.1) is 16.9 Å². The van der Waals surface area contributed by atoms with E-state index in [1.54, 1.807) is 11.8 Å². The Morgan fingerprint density at radius 3 is 2.76 bits per heavy atom. The first-order valence-corrected chi connectivity index (χ1v) is 7.31. The Kier molecular flexibility index (Phi) is 4.89. The van der Waals surface area contributed by atoms with Crippen LogP contribution in [0.4, 0.5) is 8.78 Å². The summed E-state index contributed by atoms with van der Waals surface area (Å²) in [7, 11) is 0. The largest absolute Gasteiger partial charge is 0.478 e. The quantitative estimate of drug-likeness (QED) is 0.824. The number of nitrogens with zero attached hydrogens (tertiary/aromatic N) is 2. The van der Waals surface area contributed by atoms with E-state index < -0.39 is 23.2 Å². The van der Waals surface area contributed by atoms with Gasteiger partial charge >= 0.3 is 5.97 Å². The molecule has 1 N–H and O–H groups in total. The van der Waals surface area contributed by atoms with Gasteiger partial charge in [0.15, 0.2) is 17.5 Å². The molecule has 0 aliphatic rings. The number of rotatable bonds is 6. The maximum absolute atomic E-state index is 13.3. The molecule has 0 fully saturated rings. The first kappa shape index (κ1) is 15.4. The summed E-state index contributed by atoms with van der Waals surface area (Å²) in [5.74, 6) is -2.14. The predicted octanol–water partition coefficient (Wildman–Crippen LogP) is 3.36. The number of carboxylic acids is 1. The van der Waals surface area contributed by atoms with Crippen molar-refractivity contribution in [2.24, 2.45) is 0 Å². The molecule has 8 heteroatoms. The minimum absolute atomic E-state index is 0.138. The summed E-state index contributed by atoms with van der Waals surface area (Å²) in [6.07, 6.45) is 1.00. The molecule has 0 bridgehead atoms. The van der Waals surface area contributed by atoms with Crippen LogP contribution >= 0.6 is 11.8 Å². The third kappa shape index (κ3) is 3.57. The minimum Gasteiger partial charge on any atom is -0.478 e. The Hall–Kier alpha value is -1.96. The molecule has 0 aliphatic heterocycles. The van der Waals surface area contributed by atoms with E-state index in [1.807, 2.05) is 6.92 Å². The highest BCUT2D eigenvalue weighted by atomic mass is 32.2. The molecule has 112 valence electrons. The standard InChI is InChI=1S/C13H12F2N2O3S/c1-2-3-21-6-11-16-12(20-17-11)7-4-9(14)10(15)5-8(7)13(18)19/h4-5H,2-3,6H2,1H3,(H,18,19). The van der Waals surface area contributed by atoms with Gasteiger partial charge < -0.3 is 9.63 Å². The molecule has 0 amide bonds.